The average molecular weight is 265 g/mol. The highest BCUT2D eigenvalue weighted by molar-refractivity contribution is 7.07. The zero-order valence-corrected chi connectivity index (χ0v) is 10.6. The van der Waals surface area contributed by atoms with Crippen LogP contribution < -0.4 is 0 Å². The molecule has 3 nitrogen and oxygen atoms in total. The number of nitrogens with zero attached hydrogens (tertiary/aromatic N) is 1. The van der Waals surface area contributed by atoms with Gasteiger partial charge in [0, 0.05) is 19.7 Å². The summed E-state index contributed by atoms with van der Waals surface area (Å²) >= 11 is 1.55. The maximum absolute atomic E-state index is 13.5. The molecule has 0 aliphatic carbocycles. The van der Waals surface area contributed by atoms with E-state index in [0.717, 1.165) is 11.6 Å². The van der Waals surface area contributed by atoms with Crippen molar-refractivity contribution < 1.29 is 14.3 Å². The second-order valence-corrected chi connectivity index (χ2v) is 4.74. The van der Waals surface area contributed by atoms with Crippen molar-refractivity contribution >= 4 is 17.2 Å². The van der Waals surface area contributed by atoms with Crippen LogP contribution in [0.5, 0.6) is 5.75 Å². The first kappa shape index (κ1) is 12.6. The summed E-state index contributed by atoms with van der Waals surface area (Å²) in [4.78, 5) is 13.5. The van der Waals surface area contributed by atoms with E-state index in [1.807, 2.05) is 16.8 Å². The molecule has 5 heteroatoms. The average Bonchev–Trinajstić information content (AvgIpc) is 2.81. The zero-order valence-electron chi connectivity index (χ0n) is 9.76. The van der Waals surface area contributed by atoms with Gasteiger partial charge in [-0.15, -0.1) is 0 Å². The molecule has 0 saturated heterocycles. The Bertz CT molecular complexity index is 554. The molecule has 0 spiro atoms. The summed E-state index contributed by atoms with van der Waals surface area (Å²) in [6, 6.07) is 5.44. The monoisotopic (exact) mass is 265 g/mol. The topological polar surface area (TPSA) is 40.5 Å². The number of benzene rings is 1. The van der Waals surface area contributed by atoms with Gasteiger partial charge in [0.05, 0.1) is 5.56 Å². The number of phenolic OH excluding ortho intramolecular Hbond substituents is 1. The summed E-state index contributed by atoms with van der Waals surface area (Å²) in [5.41, 5.74) is 0.973. The van der Waals surface area contributed by atoms with Gasteiger partial charge in [0.25, 0.3) is 5.91 Å². The van der Waals surface area contributed by atoms with Crippen LogP contribution in [-0.2, 0) is 6.54 Å². The van der Waals surface area contributed by atoms with Gasteiger partial charge in [-0.1, -0.05) is 0 Å². The fourth-order valence-electron chi connectivity index (χ4n) is 1.61. The second-order valence-electron chi connectivity index (χ2n) is 3.96. The maximum Gasteiger partial charge on any atom is 0.256 e. The summed E-state index contributed by atoms with van der Waals surface area (Å²) in [5, 5.41) is 13.0. The molecule has 0 aliphatic rings. The lowest BCUT2D eigenvalue weighted by Gasteiger charge is -2.16. The van der Waals surface area contributed by atoms with Gasteiger partial charge >= 0.3 is 0 Å². The second kappa shape index (κ2) is 5.18. The molecule has 94 valence electrons. The fourth-order valence-corrected chi connectivity index (χ4v) is 2.27. The number of thiophene rings is 1. The molecular formula is C13H12FNO2S. The maximum atomic E-state index is 13.5. The summed E-state index contributed by atoms with van der Waals surface area (Å²) in [6.45, 7) is 0.433. The van der Waals surface area contributed by atoms with Gasteiger partial charge < -0.3 is 10.0 Å². The molecule has 0 saturated carbocycles. The van der Waals surface area contributed by atoms with E-state index >= 15 is 0 Å². The fraction of sp³-hybridized carbons (Fsp3) is 0.154. The van der Waals surface area contributed by atoms with Gasteiger partial charge in [0.2, 0.25) is 0 Å². The van der Waals surface area contributed by atoms with Crippen molar-refractivity contribution in [1.29, 1.82) is 0 Å². The quantitative estimate of drug-likeness (QED) is 0.927. The lowest BCUT2D eigenvalue weighted by atomic mass is 10.1. The number of carbonyl (C=O) groups is 1. The lowest BCUT2D eigenvalue weighted by Crippen LogP contribution is -2.26. The minimum atomic E-state index is -0.711. The van der Waals surface area contributed by atoms with Gasteiger partial charge in [-0.25, -0.2) is 4.39 Å². The van der Waals surface area contributed by atoms with Crippen LogP contribution in [0.1, 0.15) is 15.9 Å². The molecule has 2 aromatic rings. The molecular weight excluding hydrogens is 253 g/mol. The molecule has 0 aliphatic heterocycles. The molecule has 1 heterocycles. The number of rotatable bonds is 3. The molecule has 0 atom stereocenters. The molecule has 18 heavy (non-hydrogen) atoms. The van der Waals surface area contributed by atoms with Gasteiger partial charge in [-0.05, 0) is 34.5 Å². The number of hydrogen-bond donors (Lipinski definition) is 1. The smallest absolute Gasteiger partial charge is 0.256 e. The van der Waals surface area contributed by atoms with E-state index in [2.05, 4.69) is 0 Å². The Kier molecular flexibility index (Phi) is 3.62. The molecule has 0 radical (unpaired) electrons. The largest absolute Gasteiger partial charge is 0.508 e. The van der Waals surface area contributed by atoms with Crippen molar-refractivity contribution in [3.63, 3.8) is 0 Å². The standard InChI is InChI=1S/C13H12FNO2S/c1-15(7-9-4-5-18-8-9)13(17)11-3-2-10(16)6-12(11)14/h2-6,8,16H,7H2,1H3. The van der Waals surface area contributed by atoms with Crippen molar-refractivity contribution in [2.45, 2.75) is 6.54 Å². The Balaban J connectivity index is 2.15. The predicted molar refractivity (Wildman–Crippen MR) is 68.2 cm³/mol. The first-order valence-electron chi connectivity index (χ1n) is 5.33. The van der Waals surface area contributed by atoms with Crippen LogP contribution in [0.15, 0.2) is 35.0 Å². The molecule has 0 unspecified atom stereocenters. The van der Waals surface area contributed by atoms with E-state index < -0.39 is 11.7 Å². The zero-order chi connectivity index (χ0) is 13.1. The summed E-state index contributed by atoms with van der Waals surface area (Å²) < 4.78 is 13.5. The van der Waals surface area contributed by atoms with E-state index in [9.17, 15) is 9.18 Å². The number of phenols is 1. The lowest BCUT2D eigenvalue weighted by molar-refractivity contribution is 0.0780. The van der Waals surface area contributed by atoms with Gasteiger partial charge in [-0.3, -0.25) is 4.79 Å². The number of amides is 1. The van der Waals surface area contributed by atoms with Crippen molar-refractivity contribution in [3.05, 3.63) is 52.0 Å². The first-order chi connectivity index (χ1) is 8.58. The highest BCUT2D eigenvalue weighted by atomic mass is 32.1. The van der Waals surface area contributed by atoms with E-state index in [1.165, 1.54) is 17.0 Å². The van der Waals surface area contributed by atoms with Crippen LogP contribution in [0.25, 0.3) is 0 Å². The van der Waals surface area contributed by atoms with Crippen molar-refractivity contribution in [3.8, 4) is 5.75 Å². The van der Waals surface area contributed by atoms with E-state index in [-0.39, 0.29) is 11.3 Å². The van der Waals surface area contributed by atoms with Crippen molar-refractivity contribution in [2.75, 3.05) is 7.05 Å². The number of halogens is 1. The van der Waals surface area contributed by atoms with E-state index in [1.54, 1.807) is 18.4 Å². The Hall–Kier alpha value is -1.88. The highest BCUT2D eigenvalue weighted by Gasteiger charge is 2.16. The Labute approximate surface area is 108 Å². The minimum absolute atomic E-state index is 0.0365. The van der Waals surface area contributed by atoms with Crippen molar-refractivity contribution in [1.82, 2.24) is 4.90 Å². The third-order valence-corrected chi connectivity index (χ3v) is 3.26. The Morgan fingerprint density at radius 2 is 2.22 bits per heavy atom. The van der Waals surface area contributed by atoms with Crippen LogP contribution in [0.3, 0.4) is 0 Å². The number of carbonyl (C=O) groups excluding carboxylic acids is 1. The first-order valence-corrected chi connectivity index (χ1v) is 6.27. The molecule has 2 rings (SSSR count). The van der Waals surface area contributed by atoms with Crippen LogP contribution in [0, 0.1) is 5.82 Å². The molecule has 1 aromatic heterocycles. The molecule has 1 aromatic carbocycles. The van der Waals surface area contributed by atoms with Crippen molar-refractivity contribution in [2.24, 2.45) is 0 Å². The van der Waals surface area contributed by atoms with Gasteiger partial charge in [0.15, 0.2) is 0 Å². The van der Waals surface area contributed by atoms with E-state index in [4.69, 9.17) is 5.11 Å². The van der Waals surface area contributed by atoms with Crippen LogP contribution >= 0.6 is 11.3 Å². The summed E-state index contributed by atoms with van der Waals surface area (Å²) in [6.07, 6.45) is 0. The third kappa shape index (κ3) is 2.68. The van der Waals surface area contributed by atoms with Crippen LogP contribution in [0.4, 0.5) is 4.39 Å². The Morgan fingerprint density at radius 1 is 1.44 bits per heavy atom. The molecule has 1 amide bonds. The molecule has 0 bridgehead atoms. The normalized spacial score (nSPS) is 10.3. The SMILES string of the molecule is CN(Cc1ccsc1)C(=O)c1ccc(O)cc1F. The van der Waals surface area contributed by atoms with Gasteiger partial charge in [0.1, 0.15) is 11.6 Å². The highest BCUT2D eigenvalue weighted by Crippen LogP contribution is 2.17. The number of aromatic hydroxyl groups is 1. The van der Waals surface area contributed by atoms with Crippen LogP contribution in [0.2, 0.25) is 0 Å². The molecule has 0 fully saturated rings. The minimum Gasteiger partial charge on any atom is -0.508 e. The van der Waals surface area contributed by atoms with Gasteiger partial charge in [-0.2, -0.15) is 11.3 Å². The Morgan fingerprint density at radius 3 is 2.83 bits per heavy atom. The molecule has 1 N–H and O–H groups in total. The number of hydrogen-bond acceptors (Lipinski definition) is 3. The predicted octanol–water partition coefficient (Wildman–Crippen LogP) is 2.87. The third-order valence-electron chi connectivity index (χ3n) is 2.53. The van der Waals surface area contributed by atoms with Crippen LogP contribution in [-0.4, -0.2) is 23.0 Å². The summed E-state index contributed by atoms with van der Waals surface area (Å²) in [5.74, 6) is -1.31. The summed E-state index contributed by atoms with van der Waals surface area (Å²) in [7, 11) is 1.62. The van der Waals surface area contributed by atoms with E-state index in [0.29, 0.717) is 6.54 Å².